The van der Waals surface area contributed by atoms with Gasteiger partial charge in [0.25, 0.3) is 0 Å². The van der Waals surface area contributed by atoms with E-state index in [9.17, 15) is 4.79 Å². The molecule has 0 aromatic heterocycles. The van der Waals surface area contributed by atoms with Gasteiger partial charge in [0.15, 0.2) is 0 Å². The number of nitrogens with one attached hydrogen (secondary N) is 2. The van der Waals surface area contributed by atoms with Gasteiger partial charge in [-0.15, -0.1) is 0 Å². The molecule has 5 heteroatoms. The summed E-state index contributed by atoms with van der Waals surface area (Å²) in [5.41, 5.74) is -0.913. The number of carbonyl (C=O) groups excluding carboxylic acids is 1. The fourth-order valence-corrected chi connectivity index (χ4v) is 0.907. The van der Waals surface area contributed by atoms with Crippen molar-refractivity contribution < 1.29 is 15.0 Å². The van der Waals surface area contributed by atoms with Crippen LogP contribution in [0.15, 0.2) is 0 Å². The van der Waals surface area contributed by atoms with E-state index < -0.39 is 5.54 Å². The van der Waals surface area contributed by atoms with Gasteiger partial charge in [0.2, 0.25) is 5.91 Å². The third-order valence-electron chi connectivity index (χ3n) is 1.92. The Morgan fingerprint density at radius 3 is 2.36 bits per heavy atom. The number of rotatable bonds is 7. The van der Waals surface area contributed by atoms with Crippen LogP contribution in [0.3, 0.4) is 0 Å². The molecule has 0 saturated heterocycles. The van der Waals surface area contributed by atoms with Crippen molar-refractivity contribution in [3.05, 3.63) is 0 Å². The smallest absolute Gasteiger partial charge is 0.221 e. The minimum atomic E-state index is -0.913. The summed E-state index contributed by atoms with van der Waals surface area (Å²) in [5, 5.41) is 23.4. The predicted molar refractivity (Wildman–Crippen MR) is 53.9 cm³/mol. The Morgan fingerprint density at radius 1 is 1.36 bits per heavy atom. The topological polar surface area (TPSA) is 81.6 Å². The van der Waals surface area contributed by atoms with Gasteiger partial charge in [-0.05, 0) is 13.5 Å². The Balaban J connectivity index is 3.80. The number of hydrogen-bond donors (Lipinski definition) is 4. The molecule has 0 aliphatic rings. The molecule has 0 aliphatic carbocycles. The van der Waals surface area contributed by atoms with Crippen molar-refractivity contribution in [3.63, 3.8) is 0 Å². The number of carbonyl (C=O) groups is 1. The number of hydrogen-bond acceptors (Lipinski definition) is 4. The number of aliphatic hydroxyl groups is 2. The molecule has 0 aliphatic heterocycles. The van der Waals surface area contributed by atoms with Crippen molar-refractivity contribution in [1.82, 2.24) is 10.6 Å². The molecule has 1 amide bonds. The van der Waals surface area contributed by atoms with Gasteiger partial charge in [-0.25, -0.2) is 0 Å². The molecule has 0 aromatic rings. The molecule has 0 radical (unpaired) electrons. The highest BCUT2D eigenvalue weighted by molar-refractivity contribution is 5.76. The van der Waals surface area contributed by atoms with Crippen LogP contribution in [-0.2, 0) is 4.79 Å². The van der Waals surface area contributed by atoms with E-state index >= 15 is 0 Å². The molecular weight excluding hydrogens is 184 g/mol. The molecule has 0 aromatic carbocycles. The average molecular weight is 204 g/mol. The molecule has 0 spiro atoms. The fourth-order valence-electron chi connectivity index (χ4n) is 0.907. The summed E-state index contributed by atoms with van der Waals surface area (Å²) >= 11 is 0. The van der Waals surface area contributed by atoms with Crippen LogP contribution in [0, 0.1) is 0 Å². The van der Waals surface area contributed by atoms with E-state index in [1.54, 1.807) is 6.92 Å². The lowest BCUT2D eigenvalue weighted by atomic mass is 10.1. The second kappa shape index (κ2) is 6.75. The third kappa shape index (κ3) is 5.16. The highest BCUT2D eigenvalue weighted by Gasteiger charge is 2.23. The molecule has 0 unspecified atom stereocenters. The van der Waals surface area contributed by atoms with Crippen LogP contribution >= 0.6 is 0 Å². The Morgan fingerprint density at radius 2 is 1.93 bits per heavy atom. The summed E-state index contributed by atoms with van der Waals surface area (Å²) in [6.45, 7) is 4.45. The molecule has 0 saturated carbocycles. The standard InChI is InChI=1S/C9H20N2O3/c1-3-10-5-4-8(14)11-9(2,6-12)7-13/h10,12-13H,3-7H2,1-2H3,(H,11,14). The summed E-state index contributed by atoms with van der Waals surface area (Å²) in [6, 6.07) is 0. The minimum absolute atomic E-state index is 0.170. The van der Waals surface area contributed by atoms with E-state index in [-0.39, 0.29) is 19.1 Å². The zero-order valence-corrected chi connectivity index (χ0v) is 8.84. The van der Waals surface area contributed by atoms with Crippen LogP contribution in [0.25, 0.3) is 0 Å². The van der Waals surface area contributed by atoms with Crippen LogP contribution in [0.1, 0.15) is 20.3 Å². The maximum Gasteiger partial charge on any atom is 0.221 e. The van der Waals surface area contributed by atoms with Crippen molar-refractivity contribution in [2.24, 2.45) is 0 Å². The number of amides is 1. The minimum Gasteiger partial charge on any atom is -0.394 e. The maximum absolute atomic E-state index is 11.3. The summed E-state index contributed by atoms with van der Waals surface area (Å²) in [4.78, 5) is 11.3. The zero-order chi connectivity index (χ0) is 11.0. The van der Waals surface area contributed by atoms with Crippen molar-refractivity contribution in [2.75, 3.05) is 26.3 Å². The van der Waals surface area contributed by atoms with Crippen LogP contribution in [-0.4, -0.2) is 48.0 Å². The molecule has 14 heavy (non-hydrogen) atoms. The van der Waals surface area contributed by atoms with E-state index in [1.165, 1.54) is 0 Å². The Labute approximate surface area is 84.5 Å². The summed E-state index contributed by atoms with van der Waals surface area (Å²) in [6.07, 6.45) is 0.351. The highest BCUT2D eigenvalue weighted by Crippen LogP contribution is 2.00. The molecule has 0 atom stereocenters. The van der Waals surface area contributed by atoms with Gasteiger partial charge >= 0.3 is 0 Å². The lowest BCUT2D eigenvalue weighted by molar-refractivity contribution is -0.124. The first-order valence-electron chi connectivity index (χ1n) is 4.81. The van der Waals surface area contributed by atoms with Crippen molar-refractivity contribution in [3.8, 4) is 0 Å². The number of aliphatic hydroxyl groups excluding tert-OH is 2. The normalized spacial score (nSPS) is 11.4. The average Bonchev–Trinajstić information content (AvgIpc) is 2.18. The van der Waals surface area contributed by atoms with E-state index in [0.717, 1.165) is 6.54 Å². The molecular formula is C9H20N2O3. The highest BCUT2D eigenvalue weighted by atomic mass is 16.3. The third-order valence-corrected chi connectivity index (χ3v) is 1.92. The van der Waals surface area contributed by atoms with Crippen LogP contribution in [0.2, 0.25) is 0 Å². The summed E-state index contributed by atoms with van der Waals surface area (Å²) in [7, 11) is 0. The second-order valence-corrected chi connectivity index (χ2v) is 3.53. The Hall–Kier alpha value is -0.650. The lowest BCUT2D eigenvalue weighted by Crippen LogP contribution is -2.52. The Bertz CT molecular complexity index is 169. The molecule has 0 fully saturated rings. The zero-order valence-electron chi connectivity index (χ0n) is 8.84. The van der Waals surface area contributed by atoms with Gasteiger partial charge in [-0.1, -0.05) is 6.92 Å². The maximum atomic E-state index is 11.3. The summed E-state index contributed by atoms with van der Waals surface area (Å²) in [5.74, 6) is -0.170. The van der Waals surface area contributed by atoms with Gasteiger partial charge in [0, 0.05) is 13.0 Å². The van der Waals surface area contributed by atoms with Crippen molar-refractivity contribution in [1.29, 1.82) is 0 Å². The van der Waals surface area contributed by atoms with Gasteiger partial charge < -0.3 is 20.8 Å². The van der Waals surface area contributed by atoms with E-state index in [2.05, 4.69) is 10.6 Å². The van der Waals surface area contributed by atoms with E-state index in [1.807, 2.05) is 6.92 Å². The van der Waals surface area contributed by atoms with Gasteiger partial charge in [0.05, 0.1) is 18.8 Å². The van der Waals surface area contributed by atoms with Crippen molar-refractivity contribution in [2.45, 2.75) is 25.8 Å². The van der Waals surface area contributed by atoms with Gasteiger partial charge in [-0.2, -0.15) is 0 Å². The molecule has 84 valence electrons. The fraction of sp³-hybridized carbons (Fsp3) is 0.889. The largest absolute Gasteiger partial charge is 0.394 e. The molecule has 0 rings (SSSR count). The molecule has 5 nitrogen and oxygen atoms in total. The SMILES string of the molecule is CCNCCC(=O)NC(C)(CO)CO. The monoisotopic (exact) mass is 204 g/mol. The first-order chi connectivity index (χ1) is 6.58. The first kappa shape index (κ1) is 13.4. The lowest BCUT2D eigenvalue weighted by Gasteiger charge is -2.26. The molecule has 4 N–H and O–H groups in total. The van der Waals surface area contributed by atoms with Crippen LogP contribution in [0.4, 0.5) is 0 Å². The van der Waals surface area contributed by atoms with Crippen LogP contribution < -0.4 is 10.6 Å². The van der Waals surface area contributed by atoms with Crippen molar-refractivity contribution >= 4 is 5.91 Å². The van der Waals surface area contributed by atoms with E-state index in [0.29, 0.717) is 13.0 Å². The molecule has 0 heterocycles. The van der Waals surface area contributed by atoms with Crippen LogP contribution in [0.5, 0.6) is 0 Å². The summed E-state index contributed by atoms with van der Waals surface area (Å²) < 4.78 is 0. The first-order valence-corrected chi connectivity index (χ1v) is 4.81. The molecule has 0 bridgehead atoms. The van der Waals surface area contributed by atoms with Gasteiger partial charge in [-0.3, -0.25) is 4.79 Å². The van der Waals surface area contributed by atoms with E-state index in [4.69, 9.17) is 10.2 Å². The predicted octanol–water partition coefficient (Wildman–Crippen LogP) is -1.15. The van der Waals surface area contributed by atoms with Gasteiger partial charge in [0.1, 0.15) is 0 Å². The Kier molecular flexibility index (Phi) is 6.44. The quantitative estimate of drug-likeness (QED) is 0.395. The second-order valence-electron chi connectivity index (χ2n) is 3.53.